The predicted molar refractivity (Wildman–Crippen MR) is 107 cm³/mol. The van der Waals surface area contributed by atoms with E-state index in [0.717, 1.165) is 0 Å². The van der Waals surface area contributed by atoms with Gasteiger partial charge in [-0.2, -0.15) is 0 Å². The minimum absolute atomic E-state index is 0.0567. The van der Waals surface area contributed by atoms with Gasteiger partial charge in [0, 0.05) is 12.1 Å². The van der Waals surface area contributed by atoms with Gasteiger partial charge in [-0.3, -0.25) is 0 Å². The first kappa shape index (κ1) is 22.7. The van der Waals surface area contributed by atoms with Gasteiger partial charge in [-0.15, -0.1) is 0 Å². The molecule has 0 aromatic heterocycles. The number of benzene rings is 2. The highest BCUT2D eigenvalue weighted by Gasteiger charge is 2.45. The summed E-state index contributed by atoms with van der Waals surface area (Å²) in [5.41, 5.74) is 0.590. The Morgan fingerprint density at radius 3 is 2.29 bits per heavy atom. The van der Waals surface area contributed by atoms with Crippen molar-refractivity contribution in [3.05, 3.63) is 48.0 Å². The lowest BCUT2D eigenvalue weighted by atomic mass is 9.96. The molecule has 1 fully saturated rings. The fraction of sp³-hybridized carbons (Fsp3) is 0.333. The quantitative estimate of drug-likeness (QED) is 0.307. The van der Waals surface area contributed by atoms with Gasteiger partial charge < -0.3 is 50.0 Å². The first-order chi connectivity index (χ1) is 14.7. The monoisotopic (exact) mass is 436 g/mol. The van der Waals surface area contributed by atoms with Gasteiger partial charge >= 0.3 is 0 Å². The van der Waals surface area contributed by atoms with E-state index < -0.39 is 43.1 Å². The maximum absolute atomic E-state index is 10.6. The predicted octanol–water partition coefficient (Wildman–Crippen LogP) is 0.0522. The van der Waals surface area contributed by atoms with E-state index >= 15 is 0 Å². The second-order valence-corrected chi connectivity index (χ2v) is 7.02. The minimum Gasteiger partial charge on any atom is -0.507 e. The first-order valence-electron chi connectivity index (χ1n) is 9.27. The lowest BCUT2D eigenvalue weighted by Gasteiger charge is -2.39. The summed E-state index contributed by atoms with van der Waals surface area (Å²) in [5.74, 6) is -0.909. The molecular weight excluding hydrogens is 412 g/mol. The summed E-state index contributed by atoms with van der Waals surface area (Å²) in [6, 6.07) is 6.61. The Balaban J connectivity index is 2.02. The number of phenolic OH excluding ortho intramolecular Hbond substituents is 3. The Kier molecular flexibility index (Phi) is 6.58. The van der Waals surface area contributed by atoms with Crippen molar-refractivity contribution in [3.63, 3.8) is 0 Å². The number of phenols is 3. The Hall–Kier alpha value is -3.02. The molecular formula is C21H24O10. The molecule has 1 aliphatic heterocycles. The molecule has 2 aromatic rings. The topological polar surface area (TPSA) is 169 Å². The number of hydrogen-bond acceptors (Lipinski definition) is 10. The molecule has 7 N–H and O–H groups in total. The number of aliphatic hydroxyl groups is 4. The number of aromatic hydroxyl groups is 3. The lowest BCUT2D eigenvalue weighted by molar-refractivity contribution is -0.277. The molecule has 0 aliphatic carbocycles. The van der Waals surface area contributed by atoms with Crippen LogP contribution >= 0.6 is 0 Å². The maximum Gasteiger partial charge on any atom is 0.229 e. The summed E-state index contributed by atoms with van der Waals surface area (Å²) in [7, 11) is 1.36. The Morgan fingerprint density at radius 2 is 1.68 bits per heavy atom. The largest absolute Gasteiger partial charge is 0.507 e. The zero-order chi connectivity index (χ0) is 22.9. The number of methoxy groups -OCH3 is 1. The van der Waals surface area contributed by atoms with Gasteiger partial charge in [0.2, 0.25) is 6.29 Å². The van der Waals surface area contributed by atoms with Crippen LogP contribution in [0.2, 0.25) is 0 Å². The summed E-state index contributed by atoms with van der Waals surface area (Å²) in [6.45, 7) is 3.27. The van der Waals surface area contributed by atoms with E-state index in [0.29, 0.717) is 5.56 Å². The van der Waals surface area contributed by atoms with Crippen molar-refractivity contribution in [3.8, 4) is 28.7 Å². The summed E-state index contributed by atoms with van der Waals surface area (Å²) in [6.07, 6.45) is -7.60. The fourth-order valence-electron chi connectivity index (χ4n) is 3.24. The molecule has 0 spiro atoms. The van der Waals surface area contributed by atoms with Crippen LogP contribution in [0, 0.1) is 0 Å². The zero-order valence-electron chi connectivity index (χ0n) is 16.5. The van der Waals surface area contributed by atoms with Crippen LogP contribution < -0.4 is 9.47 Å². The van der Waals surface area contributed by atoms with Gasteiger partial charge in [0.25, 0.3) is 0 Å². The first-order valence-corrected chi connectivity index (χ1v) is 9.27. The highest BCUT2D eigenvalue weighted by Crippen LogP contribution is 2.42. The number of rotatable bonds is 6. The minimum atomic E-state index is -1.68. The molecule has 1 aliphatic rings. The van der Waals surface area contributed by atoms with Crippen LogP contribution in [-0.4, -0.2) is 80.2 Å². The number of aliphatic hydroxyl groups excluding tert-OH is 4. The lowest BCUT2D eigenvalue weighted by Crippen LogP contribution is -2.60. The van der Waals surface area contributed by atoms with Gasteiger partial charge in [0.15, 0.2) is 11.5 Å². The molecule has 0 bridgehead atoms. The zero-order valence-corrected chi connectivity index (χ0v) is 16.5. The van der Waals surface area contributed by atoms with E-state index in [1.807, 2.05) is 0 Å². The maximum atomic E-state index is 10.6. The average Bonchev–Trinajstić information content (AvgIpc) is 2.75. The van der Waals surface area contributed by atoms with Crippen LogP contribution in [0.25, 0.3) is 5.57 Å². The highest BCUT2D eigenvalue weighted by atomic mass is 16.7. The van der Waals surface area contributed by atoms with Crippen LogP contribution in [0.1, 0.15) is 11.1 Å². The molecule has 0 saturated carbocycles. The van der Waals surface area contributed by atoms with Gasteiger partial charge in [0.1, 0.15) is 41.7 Å². The van der Waals surface area contributed by atoms with E-state index in [4.69, 9.17) is 14.2 Å². The molecule has 1 saturated heterocycles. The van der Waals surface area contributed by atoms with Crippen molar-refractivity contribution in [2.45, 2.75) is 30.7 Å². The van der Waals surface area contributed by atoms with E-state index in [1.54, 1.807) is 0 Å². The Labute approximate surface area is 177 Å². The van der Waals surface area contributed by atoms with Crippen molar-refractivity contribution >= 4 is 5.57 Å². The average molecular weight is 436 g/mol. The molecule has 168 valence electrons. The molecule has 0 unspecified atom stereocenters. The molecule has 31 heavy (non-hydrogen) atoms. The summed E-state index contributed by atoms with van der Waals surface area (Å²) >= 11 is 0. The second-order valence-electron chi connectivity index (χ2n) is 7.02. The SMILES string of the molecule is C=C(c1ccc(O)c(O)c1)c1c(O)cc(OC)cc1O[C@@H]1O[C@@H](CO)[C@@H](O)[C@@H](O)[C@@H]1O. The van der Waals surface area contributed by atoms with Crippen molar-refractivity contribution < 1.29 is 50.0 Å². The third-order valence-electron chi connectivity index (χ3n) is 5.01. The standard InChI is InChI=1S/C21H24O10/c1-9(10-3-4-12(23)13(24)5-10)17-14(25)6-11(29-2)7-15(17)30-21-20(28)19(27)18(26)16(8-22)31-21/h3-7,16,18-28H,1,8H2,2H3/t16-,18+,19+,20-,21+/m0/s1. The van der Waals surface area contributed by atoms with Crippen molar-refractivity contribution in [1.29, 1.82) is 0 Å². The third kappa shape index (κ3) is 4.38. The second kappa shape index (κ2) is 9.00. The van der Waals surface area contributed by atoms with Crippen LogP contribution in [-0.2, 0) is 4.74 Å². The molecule has 0 amide bonds. The van der Waals surface area contributed by atoms with Crippen molar-refractivity contribution in [2.75, 3.05) is 13.7 Å². The smallest absolute Gasteiger partial charge is 0.229 e. The van der Waals surface area contributed by atoms with E-state index in [2.05, 4.69) is 6.58 Å². The van der Waals surface area contributed by atoms with Crippen molar-refractivity contribution in [2.24, 2.45) is 0 Å². The molecule has 2 aromatic carbocycles. The molecule has 1 heterocycles. The van der Waals surface area contributed by atoms with E-state index in [9.17, 15) is 35.7 Å². The van der Waals surface area contributed by atoms with Gasteiger partial charge in [-0.25, -0.2) is 0 Å². The molecule has 0 radical (unpaired) electrons. The summed E-state index contributed by atoms with van der Waals surface area (Å²) in [4.78, 5) is 0. The van der Waals surface area contributed by atoms with Gasteiger partial charge in [-0.05, 0) is 23.3 Å². The van der Waals surface area contributed by atoms with Gasteiger partial charge in [0.05, 0.1) is 19.3 Å². The van der Waals surface area contributed by atoms with Crippen LogP contribution in [0.15, 0.2) is 36.9 Å². The summed E-state index contributed by atoms with van der Waals surface area (Å²) in [5, 5.41) is 69.5. The number of hydrogen-bond donors (Lipinski definition) is 7. The molecule has 10 nitrogen and oxygen atoms in total. The summed E-state index contributed by atoms with van der Waals surface area (Å²) < 4.78 is 16.2. The highest BCUT2D eigenvalue weighted by molar-refractivity contribution is 5.85. The van der Waals surface area contributed by atoms with Crippen LogP contribution in [0.5, 0.6) is 28.7 Å². The molecule has 3 rings (SSSR count). The van der Waals surface area contributed by atoms with E-state index in [1.165, 1.54) is 37.4 Å². The molecule has 10 heteroatoms. The van der Waals surface area contributed by atoms with Gasteiger partial charge in [-0.1, -0.05) is 12.6 Å². The van der Waals surface area contributed by atoms with Crippen LogP contribution in [0.3, 0.4) is 0 Å². The Morgan fingerprint density at radius 1 is 0.968 bits per heavy atom. The third-order valence-corrected chi connectivity index (χ3v) is 5.01. The van der Waals surface area contributed by atoms with Crippen molar-refractivity contribution in [1.82, 2.24) is 0 Å². The normalized spacial score (nSPS) is 25.8. The Bertz CT molecular complexity index is 957. The molecule has 5 atom stereocenters. The van der Waals surface area contributed by atoms with E-state index in [-0.39, 0.29) is 34.1 Å². The number of ether oxygens (including phenoxy) is 3. The van der Waals surface area contributed by atoms with Crippen LogP contribution in [0.4, 0.5) is 0 Å². The fourth-order valence-corrected chi connectivity index (χ4v) is 3.24.